The zero-order valence-corrected chi connectivity index (χ0v) is 10.7. The number of benzene rings is 1. The first kappa shape index (κ1) is 12.7. The molecular formula is C12H9ClN2O2S. The number of nitrogen functional groups attached to an aromatic ring is 1. The van der Waals surface area contributed by atoms with Gasteiger partial charge >= 0.3 is 5.97 Å². The third-order valence-corrected chi connectivity index (χ3v) is 3.74. The van der Waals surface area contributed by atoms with Crippen LogP contribution in [0.5, 0.6) is 0 Å². The summed E-state index contributed by atoms with van der Waals surface area (Å²) >= 11 is 7.27. The van der Waals surface area contributed by atoms with Gasteiger partial charge in [0.2, 0.25) is 0 Å². The number of aromatic nitrogens is 1. The summed E-state index contributed by atoms with van der Waals surface area (Å²) in [4.78, 5) is 16.3. The summed E-state index contributed by atoms with van der Waals surface area (Å²) in [5.74, 6) is -0.866. The minimum absolute atomic E-state index is 0.118. The maximum atomic E-state index is 11.1. The highest BCUT2D eigenvalue weighted by atomic mass is 35.5. The van der Waals surface area contributed by atoms with E-state index < -0.39 is 5.97 Å². The molecule has 18 heavy (non-hydrogen) atoms. The lowest BCUT2D eigenvalue weighted by Crippen LogP contribution is -2.02. The minimum Gasteiger partial charge on any atom is -0.478 e. The molecule has 0 atom stereocenters. The van der Waals surface area contributed by atoms with Gasteiger partial charge in [-0.2, -0.15) is 0 Å². The van der Waals surface area contributed by atoms with Gasteiger partial charge < -0.3 is 10.8 Å². The molecule has 3 N–H and O–H groups in total. The first-order valence-corrected chi connectivity index (χ1v) is 6.18. The van der Waals surface area contributed by atoms with Crippen LogP contribution in [0.2, 0.25) is 5.02 Å². The van der Waals surface area contributed by atoms with Crippen LogP contribution in [0.4, 0.5) is 5.82 Å². The molecule has 1 aromatic carbocycles. The number of carboxylic acid groups (broad SMARTS) is 1. The summed E-state index contributed by atoms with van der Waals surface area (Å²) in [6, 6.07) is 8.54. The fourth-order valence-corrected chi connectivity index (χ4v) is 2.52. The van der Waals surface area contributed by atoms with Crippen LogP contribution in [-0.4, -0.2) is 16.1 Å². The maximum Gasteiger partial charge on any atom is 0.337 e. The van der Waals surface area contributed by atoms with E-state index in [1.807, 2.05) is 18.2 Å². The third kappa shape index (κ3) is 2.75. The van der Waals surface area contributed by atoms with Crippen molar-refractivity contribution < 1.29 is 9.90 Å². The zero-order valence-electron chi connectivity index (χ0n) is 9.13. The van der Waals surface area contributed by atoms with Gasteiger partial charge in [0.25, 0.3) is 0 Å². The van der Waals surface area contributed by atoms with E-state index in [0.29, 0.717) is 9.92 Å². The van der Waals surface area contributed by atoms with E-state index in [1.54, 1.807) is 6.07 Å². The lowest BCUT2D eigenvalue weighted by Gasteiger charge is -2.07. The fraction of sp³-hybridized carbons (Fsp3) is 0. The minimum atomic E-state index is -1.04. The highest BCUT2D eigenvalue weighted by Crippen LogP contribution is 2.34. The van der Waals surface area contributed by atoms with Crippen LogP contribution in [0.25, 0.3) is 0 Å². The second kappa shape index (κ2) is 5.29. The van der Waals surface area contributed by atoms with E-state index in [1.165, 1.54) is 24.0 Å². The molecule has 0 saturated carbocycles. The Morgan fingerprint density at radius 2 is 2.06 bits per heavy atom. The van der Waals surface area contributed by atoms with Gasteiger partial charge in [0.05, 0.1) is 10.6 Å². The molecule has 0 aliphatic rings. The van der Waals surface area contributed by atoms with E-state index in [0.717, 1.165) is 4.90 Å². The number of halogens is 1. The lowest BCUT2D eigenvalue weighted by atomic mass is 10.2. The number of pyridine rings is 1. The predicted octanol–water partition coefficient (Wildman–Crippen LogP) is 3.17. The van der Waals surface area contributed by atoms with Crippen molar-refractivity contribution >= 4 is 35.1 Å². The van der Waals surface area contributed by atoms with Gasteiger partial charge in [-0.05, 0) is 18.2 Å². The first-order valence-electron chi connectivity index (χ1n) is 4.99. The van der Waals surface area contributed by atoms with Gasteiger partial charge in [0.15, 0.2) is 0 Å². The smallest absolute Gasteiger partial charge is 0.337 e. The topological polar surface area (TPSA) is 76.2 Å². The van der Waals surface area contributed by atoms with Gasteiger partial charge in [0, 0.05) is 16.0 Å². The van der Waals surface area contributed by atoms with Crippen molar-refractivity contribution in [2.75, 3.05) is 5.73 Å². The van der Waals surface area contributed by atoms with Gasteiger partial charge in [0.1, 0.15) is 5.82 Å². The molecule has 0 bridgehead atoms. The molecule has 92 valence electrons. The molecule has 6 heteroatoms. The first-order chi connectivity index (χ1) is 8.58. The number of nitrogens with two attached hydrogens (primary N) is 1. The van der Waals surface area contributed by atoms with Crippen molar-refractivity contribution in [3.8, 4) is 0 Å². The van der Waals surface area contributed by atoms with E-state index in [2.05, 4.69) is 4.98 Å². The molecule has 2 rings (SSSR count). The van der Waals surface area contributed by atoms with E-state index in [4.69, 9.17) is 22.4 Å². The number of hydrogen-bond acceptors (Lipinski definition) is 4. The number of hydrogen-bond donors (Lipinski definition) is 2. The zero-order chi connectivity index (χ0) is 13.1. The van der Waals surface area contributed by atoms with Crippen LogP contribution in [0, 0.1) is 0 Å². The molecule has 0 radical (unpaired) electrons. The van der Waals surface area contributed by atoms with Crippen LogP contribution in [0.15, 0.2) is 46.3 Å². The van der Waals surface area contributed by atoms with Crippen molar-refractivity contribution in [3.63, 3.8) is 0 Å². The molecule has 0 amide bonds. The average Bonchev–Trinajstić information content (AvgIpc) is 2.34. The van der Waals surface area contributed by atoms with Gasteiger partial charge in [-0.25, -0.2) is 9.78 Å². The summed E-state index contributed by atoms with van der Waals surface area (Å²) in [6.45, 7) is 0. The number of rotatable bonds is 3. The Morgan fingerprint density at radius 3 is 2.72 bits per heavy atom. The third-order valence-electron chi connectivity index (χ3n) is 2.18. The molecule has 0 aliphatic carbocycles. The normalized spacial score (nSPS) is 10.3. The summed E-state index contributed by atoms with van der Waals surface area (Å²) in [5.41, 5.74) is 5.60. The Hall–Kier alpha value is -1.72. The SMILES string of the molecule is Nc1cc(C(=O)O)c(Sc2ccccc2Cl)cn1. The maximum absolute atomic E-state index is 11.1. The highest BCUT2D eigenvalue weighted by Gasteiger charge is 2.13. The standard InChI is InChI=1S/C12H9ClN2O2S/c13-8-3-1-2-4-9(8)18-10-6-15-11(14)5-7(10)12(16)17/h1-6H,(H2,14,15)(H,16,17). The van der Waals surface area contributed by atoms with Gasteiger partial charge in [-0.3, -0.25) is 0 Å². The molecule has 2 aromatic rings. The van der Waals surface area contributed by atoms with Crippen molar-refractivity contribution in [1.82, 2.24) is 4.98 Å². The average molecular weight is 281 g/mol. The lowest BCUT2D eigenvalue weighted by molar-refractivity contribution is 0.0693. The van der Waals surface area contributed by atoms with Crippen LogP contribution < -0.4 is 5.73 Å². The van der Waals surface area contributed by atoms with Crippen molar-refractivity contribution in [1.29, 1.82) is 0 Å². The fourth-order valence-electron chi connectivity index (χ4n) is 1.35. The van der Waals surface area contributed by atoms with E-state index in [9.17, 15) is 4.79 Å². The summed E-state index contributed by atoms with van der Waals surface area (Å²) in [6.07, 6.45) is 1.44. The van der Waals surface area contributed by atoms with Crippen molar-refractivity contribution in [3.05, 3.63) is 47.1 Å². The van der Waals surface area contributed by atoms with Crippen LogP contribution in [0.3, 0.4) is 0 Å². The van der Waals surface area contributed by atoms with Gasteiger partial charge in [-0.15, -0.1) is 0 Å². The Morgan fingerprint density at radius 1 is 1.33 bits per heavy atom. The van der Waals surface area contributed by atoms with Crippen molar-refractivity contribution in [2.24, 2.45) is 0 Å². The Balaban J connectivity index is 2.41. The van der Waals surface area contributed by atoms with Crippen molar-refractivity contribution in [2.45, 2.75) is 9.79 Å². The van der Waals surface area contributed by atoms with Gasteiger partial charge in [-0.1, -0.05) is 35.5 Å². The molecule has 0 fully saturated rings. The monoisotopic (exact) mass is 280 g/mol. The molecule has 0 unspecified atom stereocenters. The number of aromatic carboxylic acids is 1. The van der Waals surface area contributed by atoms with E-state index >= 15 is 0 Å². The second-order valence-electron chi connectivity index (χ2n) is 3.44. The summed E-state index contributed by atoms with van der Waals surface area (Å²) < 4.78 is 0. The van der Waals surface area contributed by atoms with Crippen LogP contribution in [0.1, 0.15) is 10.4 Å². The number of carbonyl (C=O) groups is 1. The van der Waals surface area contributed by atoms with Crippen LogP contribution in [-0.2, 0) is 0 Å². The molecule has 4 nitrogen and oxygen atoms in total. The Labute approximate surface area is 113 Å². The molecule has 1 heterocycles. The molecule has 0 spiro atoms. The Bertz CT molecular complexity index is 604. The quantitative estimate of drug-likeness (QED) is 0.903. The molecule has 1 aromatic heterocycles. The number of anilines is 1. The molecule has 0 saturated heterocycles. The van der Waals surface area contributed by atoms with Crippen LogP contribution >= 0.6 is 23.4 Å². The highest BCUT2D eigenvalue weighted by molar-refractivity contribution is 7.99. The second-order valence-corrected chi connectivity index (χ2v) is 4.93. The number of carboxylic acids is 1. The largest absolute Gasteiger partial charge is 0.478 e. The molecule has 0 aliphatic heterocycles. The summed E-state index contributed by atoms with van der Waals surface area (Å²) in [7, 11) is 0. The summed E-state index contributed by atoms with van der Waals surface area (Å²) in [5, 5.41) is 9.67. The Kier molecular flexibility index (Phi) is 3.74. The van der Waals surface area contributed by atoms with E-state index in [-0.39, 0.29) is 11.4 Å². The number of nitrogens with zero attached hydrogens (tertiary/aromatic N) is 1. The predicted molar refractivity (Wildman–Crippen MR) is 71.2 cm³/mol. The molecular weight excluding hydrogens is 272 g/mol.